The van der Waals surface area contributed by atoms with Crippen molar-refractivity contribution in [1.29, 1.82) is 0 Å². The van der Waals surface area contributed by atoms with Gasteiger partial charge in [0.05, 0.1) is 5.56 Å². The average molecular weight is 393 g/mol. The molecule has 0 unspecified atom stereocenters. The fourth-order valence-electron chi connectivity index (χ4n) is 1.75. The van der Waals surface area contributed by atoms with Gasteiger partial charge >= 0.3 is 18.1 Å². The predicted octanol–water partition coefficient (Wildman–Crippen LogP) is 2.09. The van der Waals surface area contributed by atoms with Crippen molar-refractivity contribution in [2.45, 2.75) is 26.1 Å². The first-order chi connectivity index (χ1) is 11.9. The molecule has 0 aliphatic heterocycles. The Hall–Kier alpha value is -2.56. The summed E-state index contributed by atoms with van der Waals surface area (Å²) < 4.78 is 43.2. The van der Waals surface area contributed by atoms with Gasteiger partial charge in [-0.25, -0.2) is 9.59 Å². The molecule has 0 spiro atoms. The number of hydrogen-bond acceptors (Lipinski definition) is 6. The summed E-state index contributed by atoms with van der Waals surface area (Å²) >= 11 is 0.687. The topological polar surface area (TPSA) is 110 Å². The molecule has 2 N–H and O–H groups in total. The lowest BCUT2D eigenvalue weighted by Crippen LogP contribution is -2.44. The minimum atomic E-state index is -4.78. The Bertz CT molecular complexity index is 735. The normalized spacial score (nSPS) is 12.2. The van der Waals surface area contributed by atoms with E-state index in [1.165, 1.54) is 6.92 Å². The van der Waals surface area contributed by atoms with Crippen LogP contribution < -0.4 is 10.1 Å². The fourth-order valence-corrected chi connectivity index (χ4v) is 2.37. The molecule has 1 aromatic carbocycles. The largest absolute Gasteiger partial charge is 0.478 e. The smallest absolute Gasteiger partial charge is 0.416 e. The van der Waals surface area contributed by atoms with Crippen molar-refractivity contribution in [3.8, 4) is 5.75 Å². The first-order valence-corrected chi connectivity index (χ1v) is 7.97. The third-order valence-electron chi connectivity index (χ3n) is 2.87. The number of thioether (sulfide) groups is 1. The van der Waals surface area contributed by atoms with Crippen LogP contribution in [-0.2, 0) is 20.6 Å². The number of carbonyl (C=O) groups is 4. The standard InChI is InChI=1S/C15H14F3NO6S/c1-7(20)19-11(6-26-8(2)21)14(24)25-12-5-9(15(16,17)18)3-4-10(12)13(22)23/h3-5,11H,6H2,1-2H3,(H,19,20)(H,22,23)/t11-/m0/s1. The van der Waals surface area contributed by atoms with Crippen LogP contribution in [-0.4, -0.2) is 39.9 Å². The molecule has 1 atom stereocenters. The molecular weight excluding hydrogens is 379 g/mol. The number of benzene rings is 1. The van der Waals surface area contributed by atoms with Gasteiger partial charge in [0, 0.05) is 19.6 Å². The van der Waals surface area contributed by atoms with Crippen LogP contribution in [0.15, 0.2) is 18.2 Å². The number of nitrogens with one attached hydrogen (secondary N) is 1. The number of halogens is 3. The number of amides is 1. The van der Waals surface area contributed by atoms with Crippen LogP contribution in [0, 0.1) is 0 Å². The minimum Gasteiger partial charge on any atom is -0.478 e. The van der Waals surface area contributed by atoms with Gasteiger partial charge in [-0.15, -0.1) is 0 Å². The number of rotatable bonds is 6. The average Bonchev–Trinajstić information content (AvgIpc) is 2.49. The van der Waals surface area contributed by atoms with Crippen molar-refractivity contribution < 1.29 is 42.2 Å². The zero-order valence-electron chi connectivity index (χ0n) is 13.5. The Labute approximate surface area is 149 Å². The van der Waals surface area contributed by atoms with Crippen molar-refractivity contribution in [3.63, 3.8) is 0 Å². The van der Waals surface area contributed by atoms with E-state index in [1.54, 1.807) is 0 Å². The molecule has 0 saturated carbocycles. The van der Waals surface area contributed by atoms with Gasteiger partial charge in [0.15, 0.2) is 5.12 Å². The summed E-state index contributed by atoms with van der Waals surface area (Å²) in [4.78, 5) is 45.5. The summed E-state index contributed by atoms with van der Waals surface area (Å²) in [6.45, 7) is 2.31. The van der Waals surface area contributed by atoms with Gasteiger partial charge in [-0.05, 0) is 18.2 Å². The molecule has 0 saturated heterocycles. The van der Waals surface area contributed by atoms with E-state index >= 15 is 0 Å². The highest BCUT2D eigenvalue weighted by molar-refractivity contribution is 8.13. The molecular formula is C15H14F3NO6S. The van der Waals surface area contributed by atoms with Gasteiger partial charge in [-0.3, -0.25) is 9.59 Å². The molecule has 7 nitrogen and oxygen atoms in total. The van der Waals surface area contributed by atoms with E-state index in [0.29, 0.717) is 30.0 Å². The molecule has 0 aromatic heterocycles. The van der Waals surface area contributed by atoms with E-state index in [4.69, 9.17) is 9.84 Å². The highest BCUT2D eigenvalue weighted by Gasteiger charge is 2.33. The van der Waals surface area contributed by atoms with Gasteiger partial charge in [0.2, 0.25) is 5.91 Å². The molecule has 0 radical (unpaired) electrons. The molecule has 1 amide bonds. The molecule has 142 valence electrons. The van der Waals surface area contributed by atoms with Crippen LogP contribution in [0.4, 0.5) is 13.2 Å². The molecule has 1 aromatic rings. The number of ether oxygens (including phenoxy) is 1. The maximum Gasteiger partial charge on any atom is 0.416 e. The van der Waals surface area contributed by atoms with Gasteiger partial charge in [0.25, 0.3) is 0 Å². The van der Waals surface area contributed by atoms with Gasteiger partial charge in [-0.2, -0.15) is 13.2 Å². The second kappa shape index (κ2) is 8.70. The molecule has 0 heterocycles. The molecule has 1 rings (SSSR count). The molecule has 0 aliphatic rings. The summed E-state index contributed by atoms with van der Waals surface area (Å²) in [5.41, 5.74) is -1.87. The van der Waals surface area contributed by atoms with Gasteiger partial charge < -0.3 is 15.2 Å². The maximum absolute atomic E-state index is 12.8. The molecule has 0 fully saturated rings. The lowest BCUT2D eigenvalue weighted by Gasteiger charge is -2.17. The van der Waals surface area contributed by atoms with Crippen LogP contribution in [0.1, 0.15) is 29.8 Å². The Morgan fingerprint density at radius 1 is 1.23 bits per heavy atom. The van der Waals surface area contributed by atoms with Crippen LogP contribution in [0.2, 0.25) is 0 Å². The number of aromatic carboxylic acids is 1. The maximum atomic E-state index is 12.8. The second-order valence-corrected chi connectivity index (χ2v) is 6.19. The summed E-state index contributed by atoms with van der Waals surface area (Å²) in [6, 6.07) is 0.227. The number of alkyl halides is 3. The second-order valence-electron chi connectivity index (χ2n) is 4.99. The highest BCUT2D eigenvalue weighted by atomic mass is 32.2. The van der Waals surface area contributed by atoms with Crippen LogP contribution in [0.25, 0.3) is 0 Å². The Morgan fingerprint density at radius 2 is 1.85 bits per heavy atom. The third-order valence-corrected chi connectivity index (χ3v) is 3.77. The predicted molar refractivity (Wildman–Crippen MR) is 84.8 cm³/mol. The Balaban J connectivity index is 3.15. The Kier molecular flexibility index (Phi) is 7.19. The first-order valence-electron chi connectivity index (χ1n) is 6.98. The first kappa shape index (κ1) is 21.5. The van der Waals surface area contributed by atoms with Crippen molar-refractivity contribution in [2.75, 3.05) is 5.75 Å². The Morgan fingerprint density at radius 3 is 2.31 bits per heavy atom. The summed E-state index contributed by atoms with van der Waals surface area (Å²) in [5, 5.41) is 10.9. The van der Waals surface area contributed by atoms with Gasteiger partial charge in [-0.1, -0.05) is 11.8 Å². The molecule has 0 bridgehead atoms. The number of carboxylic acid groups (broad SMARTS) is 1. The van der Waals surface area contributed by atoms with Crippen LogP contribution in [0.5, 0.6) is 5.75 Å². The lowest BCUT2D eigenvalue weighted by molar-refractivity contribution is -0.140. The van der Waals surface area contributed by atoms with Gasteiger partial charge in [0.1, 0.15) is 17.4 Å². The summed E-state index contributed by atoms with van der Waals surface area (Å²) in [7, 11) is 0. The SMILES string of the molecule is CC(=O)N[C@@H](CSC(C)=O)C(=O)Oc1cc(C(F)(F)F)ccc1C(=O)O. The monoisotopic (exact) mass is 393 g/mol. The van der Waals surface area contributed by atoms with Crippen molar-refractivity contribution >= 4 is 34.7 Å². The number of hydrogen-bond donors (Lipinski definition) is 2. The van der Waals surface area contributed by atoms with E-state index in [-0.39, 0.29) is 10.9 Å². The molecule has 26 heavy (non-hydrogen) atoms. The number of carbonyl (C=O) groups excluding carboxylic acids is 3. The minimum absolute atomic E-state index is 0.227. The van der Waals surface area contributed by atoms with E-state index in [1.807, 2.05) is 0 Å². The van der Waals surface area contributed by atoms with E-state index < -0.39 is 46.9 Å². The molecule has 0 aliphatic carbocycles. The lowest BCUT2D eigenvalue weighted by atomic mass is 10.1. The van der Waals surface area contributed by atoms with E-state index in [9.17, 15) is 32.3 Å². The fraction of sp³-hybridized carbons (Fsp3) is 0.333. The van der Waals surface area contributed by atoms with E-state index in [2.05, 4.69) is 5.32 Å². The number of esters is 1. The van der Waals surface area contributed by atoms with Crippen molar-refractivity contribution in [1.82, 2.24) is 5.32 Å². The van der Waals surface area contributed by atoms with Crippen molar-refractivity contribution in [3.05, 3.63) is 29.3 Å². The molecule has 11 heteroatoms. The summed E-state index contributed by atoms with van der Waals surface area (Å²) in [5.74, 6) is -4.49. The summed E-state index contributed by atoms with van der Waals surface area (Å²) in [6.07, 6.45) is -4.78. The van der Waals surface area contributed by atoms with Crippen molar-refractivity contribution in [2.24, 2.45) is 0 Å². The van der Waals surface area contributed by atoms with E-state index in [0.717, 1.165) is 6.92 Å². The quantitative estimate of drug-likeness (QED) is 0.563. The van der Waals surface area contributed by atoms with Crippen LogP contribution >= 0.6 is 11.8 Å². The number of carboxylic acids is 1. The zero-order chi connectivity index (χ0) is 20.1. The highest BCUT2D eigenvalue weighted by Crippen LogP contribution is 2.33. The van der Waals surface area contributed by atoms with Crippen LogP contribution in [0.3, 0.4) is 0 Å². The third kappa shape index (κ3) is 6.39. The zero-order valence-corrected chi connectivity index (χ0v) is 14.4.